The molecule has 1 heterocycles. The summed E-state index contributed by atoms with van der Waals surface area (Å²) in [4.78, 5) is 47.7. The Morgan fingerprint density at radius 2 is 1.85 bits per heavy atom. The second kappa shape index (κ2) is 10.3. The maximum absolute atomic E-state index is 12.5. The smallest absolute Gasteiger partial charge is 0.335 e. The monoisotopic (exact) mass is 566 g/mol. The third-order valence-electron chi connectivity index (χ3n) is 4.62. The molecule has 0 unspecified atom stereocenters. The lowest BCUT2D eigenvalue weighted by Crippen LogP contribution is -2.36. The van der Waals surface area contributed by atoms with E-state index in [1.54, 1.807) is 24.3 Å². The highest BCUT2D eigenvalue weighted by Crippen LogP contribution is 2.35. The molecule has 3 amide bonds. The first-order chi connectivity index (χ1) is 15.7. The molecule has 0 atom stereocenters. The Labute approximate surface area is 202 Å². The second-order valence-corrected chi connectivity index (χ2v) is 7.94. The first-order valence-electron chi connectivity index (χ1n) is 9.47. The van der Waals surface area contributed by atoms with Crippen molar-refractivity contribution in [2.75, 3.05) is 20.8 Å². The number of methoxy groups -OCH3 is 2. The summed E-state index contributed by atoms with van der Waals surface area (Å²) < 4.78 is 16.5. The average Bonchev–Trinajstić information content (AvgIpc) is 3.05. The highest BCUT2D eigenvalue weighted by atomic mass is 127. The van der Waals surface area contributed by atoms with Crippen LogP contribution in [0.3, 0.4) is 0 Å². The highest BCUT2D eigenvalue weighted by Gasteiger charge is 2.35. The standard InChI is InChI=1S/C22H19IN2O8/c1-31-17-9-13(8-16-20(27)25(22(30)24-16)10-18(26)32-2)7-15(23)19(17)33-11-12-3-5-14(6-4-12)21(28)29/h3-9H,10-11H2,1-2H3,(H,24,30)(H,28,29)/b16-8+. The van der Waals surface area contributed by atoms with Gasteiger partial charge in [0.25, 0.3) is 5.91 Å². The van der Waals surface area contributed by atoms with Gasteiger partial charge in [0.15, 0.2) is 11.5 Å². The van der Waals surface area contributed by atoms with E-state index in [0.29, 0.717) is 20.6 Å². The van der Waals surface area contributed by atoms with Crippen molar-refractivity contribution < 1.29 is 38.5 Å². The van der Waals surface area contributed by atoms with Gasteiger partial charge in [-0.05, 0) is 64.1 Å². The van der Waals surface area contributed by atoms with Crippen molar-refractivity contribution in [2.45, 2.75) is 6.61 Å². The van der Waals surface area contributed by atoms with Gasteiger partial charge >= 0.3 is 18.0 Å². The van der Waals surface area contributed by atoms with Crippen molar-refractivity contribution in [1.82, 2.24) is 10.2 Å². The number of aromatic carboxylic acids is 1. The summed E-state index contributed by atoms with van der Waals surface area (Å²) in [6, 6.07) is 8.98. The van der Waals surface area contributed by atoms with Crippen LogP contribution in [0.15, 0.2) is 42.1 Å². The molecule has 2 aromatic carbocycles. The van der Waals surface area contributed by atoms with Crippen LogP contribution in [0.4, 0.5) is 4.79 Å². The van der Waals surface area contributed by atoms with Gasteiger partial charge in [-0.2, -0.15) is 0 Å². The number of nitrogens with zero attached hydrogens (tertiary/aromatic N) is 1. The fraction of sp³-hybridized carbons (Fsp3) is 0.182. The van der Waals surface area contributed by atoms with Crippen molar-refractivity contribution in [3.8, 4) is 11.5 Å². The zero-order chi connectivity index (χ0) is 24.1. The Balaban J connectivity index is 1.79. The van der Waals surface area contributed by atoms with E-state index in [2.05, 4.69) is 32.6 Å². The summed E-state index contributed by atoms with van der Waals surface area (Å²) in [5, 5.41) is 11.4. The summed E-state index contributed by atoms with van der Waals surface area (Å²) in [6.45, 7) is -0.302. The number of halogens is 1. The molecular weight excluding hydrogens is 547 g/mol. The van der Waals surface area contributed by atoms with Crippen LogP contribution in [0.2, 0.25) is 0 Å². The van der Waals surface area contributed by atoms with E-state index in [0.717, 1.165) is 10.5 Å². The first kappa shape index (κ1) is 24.0. The van der Waals surface area contributed by atoms with Gasteiger partial charge in [-0.3, -0.25) is 9.59 Å². The minimum absolute atomic E-state index is 0.00828. The molecule has 10 nitrogen and oxygen atoms in total. The lowest BCUT2D eigenvalue weighted by atomic mass is 10.1. The van der Waals surface area contributed by atoms with Crippen LogP contribution in [-0.4, -0.2) is 54.6 Å². The number of hydrogen-bond acceptors (Lipinski definition) is 7. The molecule has 1 saturated heterocycles. The number of hydrogen-bond donors (Lipinski definition) is 2. The van der Waals surface area contributed by atoms with Crippen LogP contribution in [0.1, 0.15) is 21.5 Å². The Morgan fingerprint density at radius 1 is 1.15 bits per heavy atom. The van der Waals surface area contributed by atoms with Gasteiger partial charge in [-0.25, -0.2) is 14.5 Å². The molecule has 1 fully saturated rings. The number of carbonyl (C=O) groups is 4. The van der Waals surface area contributed by atoms with E-state index < -0.39 is 30.4 Å². The zero-order valence-electron chi connectivity index (χ0n) is 17.6. The number of nitrogens with one attached hydrogen (secondary N) is 1. The number of carboxylic acids is 1. The lowest BCUT2D eigenvalue weighted by Gasteiger charge is -2.14. The predicted molar refractivity (Wildman–Crippen MR) is 124 cm³/mol. The van der Waals surface area contributed by atoms with Crippen LogP contribution >= 0.6 is 22.6 Å². The molecule has 1 aliphatic rings. The topological polar surface area (TPSA) is 131 Å². The second-order valence-electron chi connectivity index (χ2n) is 6.78. The van der Waals surface area contributed by atoms with Gasteiger partial charge in [-0.1, -0.05) is 12.1 Å². The number of carbonyl (C=O) groups excluding carboxylic acids is 3. The van der Waals surface area contributed by atoms with Crippen molar-refractivity contribution >= 4 is 52.5 Å². The first-order valence-corrected chi connectivity index (χ1v) is 10.5. The van der Waals surface area contributed by atoms with Gasteiger partial charge in [0.05, 0.1) is 23.4 Å². The molecule has 33 heavy (non-hydrogen) atoms. The van der Waals surface area contributed by atoms with Gasteiger partial charge in [-0.15, -0.1) is 0 Å². The normalized spacial score (nSPS) is 14.3. The van der Waals surface area contributed by atoms with Crippen LogP contribution in [0.25, 0.3) is 6.08 Å². The molecule has 0 aromatic heterocycles. The molecule has 0 bridgehead atoms. The van der Waals surface area contributed by atoms with E-state index in [1.807, 2.05) is 0 Å². The van der Waals surface area contributed by atoms with Crippen molar-refractivity contribution in [1.29, 1.82) is 0 Å². The maximum Gasteiger partial charge on any atom is 0.335 e. The number of esters is 1. The minimum Gasteiger partial charge on any atom is -0.493 e. The Morgan fingerprint density at radius 3 is 2.45 bits per heavy atom. The largest absolute Gasteiger partial charge is 0.493 e. The quantitative estimate of drug-likeness (QED) is 0.216. The summed E-state index contributed by atoms with van der Waals surface area (Å²) in [6.07, 6.45) is 1.47. The summed E-state index contributed by atoms with van der Waals surface area (Å²) in [7, 11) is 2.64. The molecule has 0 radical (unpaired) electrons. The number of urea groups is 1. The van der Waals surface area contributed by atoms with Gasteiger partial charge < -0.3 is 24.6 Å². The van der Waals surface area contributed by atoms with E-state index in [4.69, 9.17) is 14.6 Å². The van der Waals surface area contributed by atoms with Crippen molar-refractivity contribution in [2.24, 2.45) is 0 Å². The molecule has 2 aromatic rings. The molecule has 2 N–H and O–H groups in total. The van der Waals surface area contributed by atoms with Gasteiger partial charge in [0.2, 0.25) is 0 Å². The van der Waals surface area contributed by atoms with Crippen LogP contribution in [0, 0.1) is 3.57 Å². The highest BCUT2D eigenvalue weighted by molar-refractivity contribution is 14.1. The van der Waals surface area contributed by atoms with Crippen molar-refractivity contribution in [3.63, 3.8) is 0 Å². The van der Waals surface area contributed by atoms with E-state index >= 15 is 0 Å². The number of imide groups is 1. The third-order valence-corrected chi connectivity index (χ3v) is 5.43. The Hall–Kier alpha value is -3.61. The van der Waals surface area contributed by atoms with Gasteiger partial charge in [0, 0.05) is 0 Å². The van der Waals surface area contributed by atoms with Crippen LogP contribution in [-0.2, 0) is 20.9 Å². The number of amides is 3. The molecule has 172 valence electrons. The summed E-state index contributed by atoms with van der Waals surface area (Å²) in [5.74, 6) is -1.50. The SMILES string of the molecule is COC(=O)CN1C(=O)N/C(=C/c2cc(I)c(OCc3ccc(C(=O)O)cc3)c(OC)c2)C1=O. The Bertz CT molecular complexity index is 1140. The van der Waals surface area contributed by atoms with Crippen LogP contribution in [0.5, 0.6) is 11.5 Å². The fourth-order valence-electron chi connectivity index (χ4n) is 2.94. The lowest BCUT2D eigenvalue weighted by molar-refractivity contribution is -0.143. The number of benzene rings is 2. The van der Waals surface area contributed by atoms with Gasteiger partial charge in [0.1, 0.15) is 18.8 Å². The molecule has 11 heteroatoms. The van der Waals surface area contributed by atoms with E-state index in [1.165, 1.54) is 32.4 Å². The molecular formula is C22H19IN2O8. The number of ether oxygens (including phenoxy) is 3. The summed E-state index contributed by atoms with van der Waals surface area (Å²) in [5.41, 5.74) is 1.53. The maximum atomic E-state index is 12.5. The minimum atomic E-state index is -1.01. The molecule has 1 aliphatic heterocycles. The molecule has 0 saturated carbocycles. The summed E-state index contributed by atoms with van der Waals surface area (Å²) >= 11 is 2.06. The fourth-order valence-corrected chi connectivity index (χ4v) is 3.72. The number of carboxylic acid groups (broad SMARTS) is 1. The molecule has 0 spiro atoms. The van der Waals surface area contributed by atoms with Crippen molar-refractivity contribution in [3.05, 3.63) is 62.4 Å². The average molecular weight is 566 g/mol. The molecule has 3 rings (SSSR count). The predicted octanol–water partition coefficient (Wildman–Crippen LogP) is 2.64. The van der Waals surface area contributed by atoms with E-state index in [9.17, 15) is 19.2 Å². The Kier molecular flexibility index (Phi) is 7.53. The zero-order valence-corrected chi connectivity index (χ0v) is 19.7. The third kappa shape index (κ3) is 5.61. The number of rotatable bonds is 8. The molecule has 0 aliphatic carbocycles. The van der Waals surface area contributed by atoms with E-state index in [-0.39, 0.29) is 17.9 Å². The van der Waals surface area contributed by atoms with Crippen LogP contribution < -0.4 is 14.8 Å².